The molecule has 0 spiro atoms. The van der Waals surface area contributed by atoms with Crippen LogP contribution in [0.4, 0.5) is 4.39 Å². The van der Waals surface area contributed by atoms with E-state index in [9.17, 15) is 9.18 Å². The lowest BCUT2D eigenvalue weighted by Crippen LogP contribution is -2.05. The maximum absolute atomic E-state index is 13.2. The molecule has 0 aromatic heterocycles. The topological polar surface area (TPSA) is 70.3 Å². The van der Waals surface area contributed by atoms with Crippen LogP contribution in [0.25, 0.3) is 0 Å². The van der Waals surface area contributed by atoms with Crippen molar-refractivity contribution in [1.29, 1.82) is 5.26 Å². The molecule has 0 saturated carbocycles. The molecule has 0 unspecified atom stereocenters. The molecule has 0 aliphatic heterocycles. The lowest BCUT2D eigenvalue weighted by molar-refractivity contribution is 0.0691. The molecule has 0 bridgehead atoms. The molecule has 5 heteroatoms. The number of halogens is 1. The fourth-order valence-corrected chi connectivity index (χ4v) is 1.87. The van der Waals surface area contributed by atoms with Gasteiger partial charge in [0.25, 0.3) is 0 Å². The third-order valence-corrected chi connectivity index (χ3v) is 2.94. The Morgan fingerprint density at radius 3 is 2.76 bits per heavy atom. The zero-order valence-corrected chi connectivity index (χ0v) is 11.3. The summed E-state index contributed by atoms with van der Waals surface area (Å²) >= 11 is 0. The van der Waals surface area contributed by atoms with Gasteiger partial charge >= 0.3 is 5.97 Å². The van der Waals surface area contributed by atoms with Crippen LogP contribution in [0.2, 0.25) is 0 Å². The number of aryl methyl sites for hydroxylation is 1. The molecule has 0 aliphatic carbocycles. The zero-order valence-electron chi connectivity index (χ0n) is 11.3. The predicted molar refractivity (Wildman–Crippen MR) is 73.6 cm³/mol. The minimum absolute atomic E-state index is 0.0236. The monoisotopic (exact) mass is 285 g/mol. The molecular formula is C16H12FNO3. The molecule has 1 N–H and O–H groups in total. The van der Waals surface area contributed by atoms with Crippen LogP contribution in [0.5, 0.6) is 5.75 Å². The summed E-state index contributed by atoms with van der Waals surface area (Å²) in [7, 11) is 0. The van der Waals surface area contributed by atoms with E-state index >= 15 is 0 Å². The normalized spacial score (nSPS) is 9.95. The van der Waals surface area contributed by atoms with Crippen molar-refractivity contribution >= 4 is 5.97 Å². The van der Waals surface area contributed by atoms with E-state index in [1.165, 1.54) is 24.3 Å². The van der Waals surface area contributed by atoms with E-state index in [1.54, 1.807) is 19.1 Å². The number of hydrogen-bond donors (Lipinski definition) is 1. The van der Waals surface area contributed by atoms with Gasteiger partial charge in [0.05, 0.1) is 11.6 Å². The van der Waals surface area contributed by atoms with Crippen LogP contribution in [-0.4, -0.2) is 11.1 Å². The Labute approximate surface area is 121 Å². The molecule has 0 heterocycles. The van der Waals surface area contributed by atoms with Crippen LogP contribution in [0.15, 0.2) is 36.4 Å². The first kappa shape index (κ1) is 14.5. The fraction of sp³-hybridized carbons (Fsp3) is 0.125. The van der Waals surface area contributed by atoms with E-state index in [2.05, 4.69) is 0 Å². The van der Waals surface area contributed by atoms with Gasteiger partial charge in [-0.15, -0.1) is 0 Å². The molecule has 2 aromatic rings. The van der Waals surface area contributed by atoms with Crippen molar-refractivity contribution in [3.63, 3.8) is 0 Å². The van der Waals surface area contributed by atoms with E-state index in [0.29, 0.717) is 11.1 Å². The van der Waals surface area contributed by atoms with Crippen LogP contribution in [-0.2, 0) is 6.61 Å². The maximum Gasteiger partial charge on any atom is 0.339 e. The van der Waals surface area contributed by atoms with Gasteiger partial charge in [-0.05, 0) is 42.8 Å². The van der Waals surface area contributed by atoms with Crippen molar-refractivity contribution in [2.24, 2.45) is 0 Å². The van der Waals surface area contributed by atoms with Gasteiger partial charge in [-0.25, -0.2) is 9.18 Å². The molecule has 106 valence electrons. The van der Waals surface area contributed by atoms with Crippen molar-refractivity contribution in [3.05, 3.63) is 64.5 Å². The Bertz CT molecular complexity index is 735. The average Bonchev–Trinajstić information content (AvgIpc) is 2.45. The number of nitriles is 1. The molecular weight excluding hydrogens is 273 g/mol. The molecule has 0 aliphatic rings. The van der Waals surface area contributed by atoms with Crippen LogP contribution in [0, 0.1) is 24.1 Å². The van der Waals surface area contributed by atoms with Crippen LogP contribution < -0.4 is 4.74 Å². The first-order valence-electron chi connectivity index (χ1n) is 6.16. The quantitative estimate of drug-likeness (QED) is 0.935. The molecule has 4 nitrogen and oxygen atoms in total. The highest BCUT2D eigenvalue weighted by Gasteiger charge is 2.12. The summed E-state index contributed by atoms with van der Waals surface area (Å²) in [4.78, 5) is 11.1. The van der Waals surface area contributed by atoms with Crippen LogP contribution in [0.1, 0.15) is 27.0 Å². The number of carbonyl (C=O) groups is 1. The fourth-order valence-electron chi connectivity index (χ4n) is 1.87. The highest BCUT2D eigenvalue weighted by atomic mass is 19.1. The van der Waals surface area contributed by atoms with Crippen molar-refractivity contribution in [1.82, 2.24) is 0 Å². The summed E-state index contributed by atoms with van der Waals surface area (Å²) in [5, 5.41) is 18.1. The third kappa shape index (κ3) is 3.37. The van der Waals surface area contributed by atoms with Gasteiger partial charge in [-0.3, -0.25) is 0 Å². The van der Waals surface area contributed by atoms with Crippen LogP contribution in [0.3, 0.4) is 0 Å². The lowest BCUT2D eigenvalue weighted by atomic mass is 10.1. The summed E-state index contributed by atoms with van der Waals surface area (Å²) in [6.45, 7) is 1.73. The van der Waals surface area contributed by atoms with Crippen molar-refractivity contribution in [2.45, 2.75) is 13.5 Å². The molecule has 0 amide bonds. The number of ether oxygens (including phenoxy) is 1. The van der Waals surface area contributed by atoms with E-state index in [1.807, 2.05) is 6.07 Å². The second-order valence-corrected chi connectivity index (χ2v) is 4.51. The second-order valence-electron chi connectivity index (χ2n) is 4.51. The third-order valence-electron chi connectivity index (χ3n) is 2.94. The number of nitrogens with zero attached hydrogens (tertiary/aromatic N) is 1. The standard InChI is InChI=1S/C16H12FNO3/c1-10-2-5-14(16(19)20)15(6-10)21-9-12-7-13(17)4-3-11(12)8-18/h2-7H,9H2,1H3,(H,19,20). The lowest BCUT2D eigenvalue weighted by Gasteiger charge is -2.11. The summed E-state index contributed by atoms with van der Waals surface area (Å²) in [5.74, 6) is -1.39. The maximum atomic E-state index is 13.2. The Morgan fingerprint density at radius 2 is 2.10 bits per heavy atom. The number of aromatic carboxylic acids is 1. The van der Waals surface area contributed by atoms with Crippen LogP contribution >= 0.6 is 0 Å². The summed E-state index contributed by atoms with van der Waals surface area (Å²) in [6.07, 6.45) is 0. The first-order valence-corrected chi connectivity index (χ1v) is 6.16. The average molecular weight is 285 g/mol. The molecule has 0 atom stereocenters. The Balaban J connectivity index is 2.29. The first-order chi connectivity index (χ1) is 10.0. The zero-order chi connectivity index (χ0) is 15.4. The molecule has 0 radical (unpaired) electrons. The summed E-state index contributed by atoms with van der Waals surface area (Å²) in [5.41, 5.74) is 1.53. The minimum atomic E-state index is -1.11. The number of carboxylic acid groups (broad SMARTS) is 1. The van der Waals surface area contributed by atoms with Crippen molar-refractivity contribution < 1.29 is 19.0 Å². The van der Waals surface area contributed by atoms with Gasteiger partial charge in [0.2, 0.25) is 0 Å². The van der Waals surface area contributed by atoms with E-state index in [-0.39, 0.29) is 17.9 Å². The van der Waals surface area contributed by atoms with Gasteiger partial charge in [0.1, 0.15) is 23.7 Å². The van der Waals surface area contributed by atoms with Crippen molar-refractivity contribution in [2.75, 3.05) is 0 Å². The van der Waals surface area contributed by atoms with E-state index in [0.717, 1.165) is 5.56 Å². The molecule has 2 aromatic carbocycles. The van der Waals surface area contributed by atoms with Gasteiger partial charge < -0.3 is 9.84 Å². The number of benzene rings is 2. The Kier molecular flexibility index (Phi) is 4.19. The number of carboxylic acids is 1. The van der Waals surface area contributed by atoms with E-state index < -0.39 is 11.8 Å². The number of rotatable bonds is 4. The minimum Gasteiger partial charge on any atom is -0.488 e. The highest BCUT2D eigenvalue weighted by molar-refractivity contribution is 5.90. The smallest absolute Gasteiger partial charge is 0.339 e. The Hall–Kier alpha value is -2.87. The largest absolute Gasteiger partial charge is 0.488 e. The van der Waals surface area contributed by atoms with Gasteiger partial charge in [-0.1, -0.05) is 6.07 Å². The number of hydrogen-bond acceptors (Lipinski definition) is 3. The van der Waals surface area contributed by atoms with E-state index in [4.69, 9.17) is 15.1 Å². The summed E-state index contributed by atoms with van der Waals surface area (Å²) < 4.78 is 18.7. The van der Waals surface area contributed by atoms with Gasteiger partial charge in [0, 0.05) is 5.56 Å². The van der Waals surface area contributed by atoms with Crippen molar-refractivity contribution in [3.8, 4) is 11.8 Å². The van der Waals surface area contributed by atoms with Gasteiger partial charge in [-0.2, -0.15) is 5.26 Å². The second kappa shape index (κ2) is 6.06. The molecule has 21 heavy (non-hydrogen) atoms. The molecule has 0 saturated heterocycles. The molecule has 2 rings (SSSR count). The molecule has 0 fully saturated rings. The predicted octanol–water partition coefficient (Wildman–Crippen LogP) is 3.28. The summed E-state index contributed by atoms with van der Waals surface area (Å²) in [6, 6.07) is 10.4. The SMILES string of the molecule is Cc1ccc(C(=O)O)c(OCc2cc(F)ccc2C#N)c1. The van der Waals surface area contributed by atoms with Gasteiger partial charge in [0.15, 0.2) is 0 Å². The Morgan fingerprint density at radius 1 is 1.33 bits per heavy atom. The highest BCUT2D eigenvalue weighted by Crippen LogP contribution is 2.22.